The van der Waals surface area contributed by atoms with Crippen molar-refractivity contribution in [2.45, 2.75) is 6.42 Å². The van der Waals surface area contributed by atoms with Crippen LogP contribution in [0, 0.1) is 5.92 Å². The Morgan fingerprint density at radius 2 is 2.26 bits per heavy atom. The van der Waals surface area contributed by atoms with Crippen LogP contribution in [0.4, 0.5) is 0 Å². The fraction of sp³-hybridized carbons (Fsp3) is 0.357. The second kappa shape index (κ2) is 6.42. The summed E-state index contributed by atoms with van der Waals surface area (Å²) >= 11 is 11.9. The van der Waals surface area contributed by atoms with Crippen LogP contribution in [0.1, 0.15) is 12.0 Å². The van der Waals surface area contributed by atoms with Crippen LogP contribution in [0.2, 0.25) is 10.0 Å². The van der Waals surface area contributed by atoms with E-state index in [0.29, 0.717) is 23.1 Å². The van der Waals surface area contributed by atoms with E-state index in [1.54, 1.807) is 29.2 Å². The molecule has 5 heteroatoms. The molecule has 19 heavy (non-hydrogen) atoms. The van der Waals surface area contributed by atoms with Gasteiger partial charge in [0.15, 0.2) is 0 Å². The molecule has 0 aromatic heterocycles. The van der Waals surface area contributed by atoms with Crippen molar-refractivity contribution >= 4 is 35.2 Å². The van der Waals surface area contributed by atoms with E-state index in [0.717, 1.165) is 12.0 Å². The molecule has 0 aliphatic carbocycles. The van der Waals surface area contributed by atoms with Gasteiger partial charge >= 0.3 is 0 Å². The zero-order valence-electron chi connectivity index (χ0n) is 10.4. The van der Waals surface area contributed by atoms with Gasteiger partial charge in [-0.05, 0) is 24.1 Å². The zero-order valence-corrected chi connectivity index (χ0v) is 11.9. The molecule has 0 radical (unpaired) electrons. The molecule has 1 atom stereocenters. The summed E-state index contributed by atoms with van der Waals surface area (Å²) in [6, 6.07) is 5.30. The molecule has 0 saturated carbocycles. The molecule has 1 saturated heterocycles. The van der Waals surface area contributed by atoms with Crippen LogP contribution in [-0.2, 0) is 4.79 Å². The first kappa shape index (κ1) is 14.4. The van der Waals surface area contributed by atoms with Crippen LogP contribution in [0.5, 0.6) is 0 Å². The summed E-state index contributed by atoms with van der Waals surface area (Å²) in [5.74, 6) is 0.138. The predicted octanol–water partition coefficient (Wildman–Crippen LogP) is 2.85. The summed E-state index contributed by atoms with van der Waals surface area (Å²) in [4.78, 5) is 13.7. The smallest absolute Gasteiger partial charge is 0.246 e. The van der Waals surface area contributed by atoms with Gasteiger partial charge in [-0.2, -0.15) is 0 Å². The lowest BCUT2D eigenvalue weighted by Gasteiger charge is -2.13. The van der Waals surface area contributed by atoms with Crippen LogP contribution in [-0.4, -0.2) is 35.6 Å². The highest BCUT2D eigenvalue weighted by atomic mass is 35.5. The number of likely N-dealkylation sites (tertiary alicyclic amines) is 1. The van der Waals surface area contributed by atoms with Gasteiger partial charge in [0.1, 0.15) is 0 Å². The first-order valence-electron chi connectivity index (χ1n) is 6.13. The Kier molecular flexibility index (Phi) is 4.86. The standard InChI is InChI=1S/C14H15Cl2NO2/c15-12-3-1-2-11(14(12)16)4-5-13(19)17-7-6-10(8-17)9-18/h1-5,10,18H,6-9H2/b5-4+. The molecule has 3 nitrogen and oxygen atoms in total. The highest BCUT2D eigenvalue weighted by Crippen LogP contribution is 2.26. The van der Waals surface area contributed by atoms with Gasteiger partial charge in [-0.1, -0.05) is 35.3 Å². The molecule has 1 aliphatic rings. The largest absolute Gasteiger partial charge is 0.396 e. The second-order valence-corrected chi connectivity index (χ2v) is 5.38. The third-order valence-corrected chi connectivity index (χ3v) is 4.08. The Hall–Kier alpha value is -1.03. The van der Waals surface area contributed by atoms with E-state index in [4.69, 9.17) is 28.3 Å². The second-order valence-electron chi connectivity index (χ2n) is 4.60. The minimum absolute atomic E-state index is 0.0630. The molecular formula is C14H15Cl2NO2. The topological polar surface area (TPSA) is 40.5 Å². The number of rotatable bonds is 3. The van der Waals surface area contributed by atoms with E-state index in [1.165, 1.54) is 6.08 Å². The maximum absolute atomic E-state index is 12.0. The van der Waals surface area contributed by atoms with E-state index in [9.17, 15) is 4.79 Å². The minimum atomic E-state index is -0.0630. The van der Waals surface area contributed by atoms with Gasteiger partial charge in [-0.3, -0.25) is 4.79 Å². The fourth-order valence-electron chi connectivity index (χ4n) is 2.10. The average molecular weight is 300 g/mol. The monoisotopic (exact) mass is 299 g/mol. The number of aliphatic hydroxyl groups excluding tert-OH is 1. The molecule has 1 aromatic carbocycles. The van der Waals surface area contributed by atoms with Crippen molar-refractivity contribution in [3.63, 3.8) is 0 Å². The molecule has 1 amide bonds. The molecule has 0 spiro atoms. The Labute approximate surface area is 122 Å². The van der Waals surface area contributed by atoms with Gasteiger partial charge in [0.2, 0.25) is 5.91 Å². The Balaban J connectivity index is 2.03. The van der Waals surface area contributed by atoms with E-state index in [1.807, 2.05) is 0 Å². The molecule has 1 heterocycles. The number of hydrogen-bond acceptors (Lipinski definition) is 2. The fourth-order valence-corrected chi connectivity index (χ4v) is 2.47. The van der Waals surface area contributed by atoms with Crippen molar-refractivity contribution in [2.24, 2.45) is 5.92 Å². The Morgan fingerprint density at radius 1 is 1.47 bits per heavy atom. The number of carbonyl (C=O) groups excluding carboxylic acids is 1. The van der Waals surface area contributed by atoms with Crippen LogP contribution in [0.25, 0.3) is 6.08 Å². The molecule has 1 N–H and O–H groups in total. The van der Waals surface area contributed by atoms with Crippen molar-refractivity contribution in [3.8, 4) is 0 Å². The summed E-state index contributed by atoms with van der Waals surface area (Å²) in [6.07, 6.45) is 4.02. The van der Waals surface area contributed by atoms with Crippen molar-refractivity contribution in [1.82, 2.24) is 4.90 Å². The minimum Gasteiger partial charge on any atom is -0.396 e. The highest BCUT2D eigenvalue weighted by Gasteiger charge is 2.24. The molecular weight excluding hydrogens is 285 g/mol. The van der Waals surface area contributed by atoms with Crippen LogP contribution in [0.15, 0.2) is 24.3 Å². The molecule has 1 fully saturated rings. The lowest BCUT2D eigenvalue weighted by molar-refractivity contribution is -0.125. The summed E-state index contributed by atoms with van der Waals surface area (Å²) in [5.41, 5.74) is 0.723. The molecule has 2 rings (SSSR count). The SMILES string of the molecule is O=C(/C=C/c1cccc(Cl)c1Cl)N1CCC(CO)C1. The third-order valence-electron chi connectivity index (χ3n) is 3.24. The van der Waals surface area contributed by atoms with Gasteiger partial charge < -0.3 is 10.0 Å². The van der Waals surface area contributed by atoms with E-state index < -0.39 is 0 Å². The van der Waals surface area contributed by atoms with Crippen molar-refractivity contribution in [1.29, 1.82) is 0 Å². The Bertz CT molecular complexity index is 502. The maximum Gasteiger partial charge on any atom is 0.246 e. The predicted molar refractivity (Wildman–Crippen MR) is 77.3 cm³/mol. The van der Waals surface area contributed by atoms with Gasteiger partial charge in [0.25, 0.3) is 0 Å². The van der Waals surface area contributed by atoms with Crippen molar-refractivity contribution in [2.75, 3.05) is 19.7 Å². The van der Waals surface area contributed by atoms with Crippen LogP contribution >= 0.6 is 23.2 Å². The van der Waals surface area contributed by atoms with Gasteiger partial charge in [-0.25, -0.2) is 0 Å². The lowest BCUT2D eigenvalue weighted by Crippen LogP contribution is -2.27. The van der Waals surface area contributed by atoms with Crippen LogP contribution < -0.4 is 0 Å². The summed E-state index contributed by atoms with van der Waals surface area (Å²) < 4.78 is 0. The lowest BCUT2D eigenvalue weighted by atomic mass is 10.1. The number of carbonyl (C=O) groups is 1. The molecule has 1 aliphatic heterocycles. The molecule has 1 unspecified atom stereocenters. The number of amides is 1. The third kappa shape index (κ3) is 3.50. The number of halogens is 2. The molecule has 102 valence electrons. The van der Waals surface area contributed by atoms with Crippen molar-refractivity contribution < 1.29 is 9.90 Å². The first-order chi connectivity index (χ1) is 9.11. The average Bonchev–Trinajstić information content (AvgIpc) is 2.89. The highest BCUT2D eigenvalue weighted by molar-refractivity contribution is 6.42. The first-order valence-corrected chi connectivity index (χ1v) is 6.89. The zero-order chi connectivity index (χ0) is 13.8. The number of benzene rings is 1. The van der Waals surface area contributed by atoms with Crippen molar-refractivity contribution in [3.05, 3.63) is 39.9 Å². The van der Waals surface area contributed by atoms with Crippen LogP contribution in [0.3, 0.4) is 0 Å². The summed E-state index contributed by atoms with van der Waals surface area (Å²) in [6.45, 7) is 1.44. The molecule has 1 aromatic rings. The normalized spacial score (nSPS) is 19.3. The molecule has 0 bridgehead atoms. The van der Waals surface area contributed by atoms with E-state index >= 15 is 0 Å². The number of aliphatic hydroxyl groups is 1. The van der Waals surface area contributed by atoms with Gasteiger partial charge in [-0.15, -0.1) is 0 Å². The number of hydrogen-bond donors (Lipinski definition) is 1. The van der Waals surface area contributed by atoms with Gasteiger partial charge in [0, 0.05) is 31.7 Å². The maximum atomic E-state index is 12.0. The number of nitrogens with zero attached hydrogens (tertiary/aromatic N) is 1. The summed E-state index contributed by atoms with van der Waals surface area (Å²) in [7, 11) is 0. The summed E-state index contributed by atoms with van der Waals surface area (Å²) in [5, 5.41) is 9.97. The van der Waals surface area contributed by atoms with E-state index in [-0.39, 0.29) is 18.4 Å². The Morgan fingerprint density at radius 3 is 2.95 bits per heavy atom. The van der Waals surface area contributed by atoms with E-state index in [2.05, 4.69) is 0 Å². The van der Waals surface area contributed by atoms with Gasteiger partial charge in [0.05, 0.1) is 10.0 Å². The quantitative estimate of drug-likeness (QED) is 0.872.